The highest BCUT2D eigenvalue weighted by atomic mass is 32.1. The summed E-state index contributed by atoms with van der Waals surface area (Å²) in [4.78, 5) is 15.8. The van der Waals surface area contributed by atoms with Crippen LogP contribution in [0.2, 0.25) is 0 Å². The molecule has 1 amide bonds. The minimum atomic E-state index is -0.189. The molecular weight excluding hydrogens is 286 g/mol. The van der Waals surface area contributed by atoms with E-state index in [0.29, 0.717) is 11.4 Å². The van der Waals surface area contributed by atoms with E-state index in [2.05, 4.69) is 11.8 Å². The van der Waals surface area contributed by atoms with E-state index in [-0.39, 0.29) is 25.2 Å². The maximum Gasteiger partial charge on any atom is 0.264 e. The lowest BCUT2D eigenvalue weighted by Gasteiger charge is -2.29. The van der Waals surface area contributed by atoms with Crippen molar-refractivity contribution in [1.82, 2.24) is 4.90 Å². The average molecular weight is 309 g/mol. The van der Waals surface area contributed by atoms with Gasteiger partial charge in [0, 0.05) is 12.6 Å². The monoisotopic (exact) mass is 309 g/mol. The Hall–Kier alpha value is -1.35. The molecule has 1 aromatic heterocycles. The van der Waals surface area contributed by atoms with Crippen LogP contribution in [0.4, 0.5) is 0 Å². The second-order valence-electron chi connectivity index (χ2n) is 4.78. The molecule has 21 heavy (non-hydrogen) atoms. The molecule has 0 saturated carbocycles. The van der Waals surface area contributed by atoms with Crippen LogP contribution in [-0.4, -0.2) is 46.8 Å². The topological polar surface area (TPSA) is 60.8 Å². The number of hydrogen-bond donors (Lipinski definition) is 2. The molecule has 0 bridgehead atoms. The van der Waals surface area contributed by atoms with Crippen molar-refractivity contribution < 1.29 is 15.0 Å². The molecule has 1 aromatic rings. The normalized spacial score (nSPS) is 10.4. The number of amides is 1. The molecule has 1 heterocycles. The number of hydrogen-bond acceptors (Lipinski definition) is 4. The molecule has 0 aromatic carbocycles. The summed E-state index contributed by atoms with van der Waals surface area (Å²) in [5.41, 5.74) is 0.942. The second kappa shape index (κ2) is 8.83. The third-order valence-corrected chi connectivity index (χ3v) is 4.54. The van der Waals surface area contributed by atoms with Crippen molar-refractivity contribution in [2.75, 3.05) is 19.8 Å². The van der Waals surface area contributed by atoms with Gasteiger partial charge in [0.1, 0.15) is 6.61 Å². The van der Waals surface area contributed by atoms with Gasteiger partial charge in [0.25, 0.3) is 5.91 Å². The first-order valence-electron chi connectivity index (χ1n) is 7.20. The number of aliphatic hydroxyl groups is 2. The number of nitrogens with zero attached hydrogens (tertiary/aromatic N) is 1. The van der Waals surface area contributed by atoms with Gasteiger partial charge < -0.3 is 15.1 Å². The lowest BCUT2D eigenvalue weighted by molar-refractivity contribution is 0.0627. The summed E-state index contributed by atoms with van der Waals surface area (Å²) in [5.74, 6) is 5.42. The highest BCUT2D eigenvalue weighted by molar-refractivity contribution is 7.14. The molecule has 0 radical (unpaired) electrons. The van der Waals surface area contributed by atoms with E-state index >= 15 is 0 Å². The van der Waals surface area contributed by atoms with Crippen LogP contribution in [0.3, 0.4) is 0 Å². The molecule has 0 saturated heterocycles. The summed E-state index contributed by atoms with van der Waals surface area (Å²) < 4.78 is 0. The van der Waals surface area contributed by atoms with Crippen molar-refractivity contribution in [3.63, 3.8) is 0 Å². The lowest BCUT2D eigenvalue weighted by atomic mass is 10.1. The van der Waals surface area contributed by atoms with Gasteiger partial charge in [-0.15, -0.1) is 11.3 Å². The third kappa shape index (κ3) is 4.57. The van der Waals surface area contributed by atoms with Gasteiger partial charge >= 0.3 is 0 Å². The molecule has 0 spiro atoms. The van der Waals surface area contributed by atoms with Crippen LogP contribution >= 0.6 is 11.3 Å². The molecule has 5 heteroatoms. The summed E-state index contributed by atoms with van der Waals surface area (Å²) in [5, 5.41) is 18.0. The standard InChI is InChI=1S/C16H23NO3S/c1-4-13(5-2)17(8-10-19)16(20)15-11-12(3)14(21-15)7-6-9-18/h11,13,18-19H,4-5,8-10H2,1-3H3. The quantitative estimate of drug-likeness (QED) is 0.790. The first-order valence-corrected chi connectivity index (χ1v) is 8.02. The van der Waals surface area contributed by atoms with E-state index in [1.54, 1.807) is 4.90 Å². The van der Waals surface area contributed by atoms with Crippen LogP contribution in [0.25, 0.3) is 0 Å². The first kappa shape index (κ1) is 17.7. The predicted octanol–water partition coefficient (Wildman–Crippen LogP) is 2.02. The van der Waals surface area contributed by atoms with Crippen LogP contribution < -0.4 is 0 Å². The van der Waals surface area contributed by atoms with Gasteiger partial charge in [-0.05, 0) is 31.4 Å². The van der Waals surface area contributed by atoms with E-state index in [4.69, 9.17) is 5.11 Å². The SMILES string of the molecule is CCC(CC)N(CCO)C(=O)c1cc(C)c(C#CCO)s1. The Morgan fingerprint density at radius 2 is 2.05 bits per heavy atom. The average Bonchev–Trinajstić information content (AvgIpc) is 2.85. The molecule has 0 aliphatic heterocycles. The fourth-order valence-corrected chi connectivity index (χ4v) is 3.26. The van der Waals surface area contributed by atoms with Crippen LogP contribution in [0, 0.1) is 18.8 Å². The van der Waals surface area contributed by atoms with Gasteiger partial charge in [0.05, 0.1) is 16.4 Å². The van der Waals surface area contributed by atoms with Crippen LogP contribution in [0.5, 0.6) is 0 Å². The molecule has 1 rings (SSSR count). The Morgan fingerprint density at radius 1 is 1.38 bits per heavy atom. The maximum absolute atomic E-state index is 12.7. The highest BCUT2D eigenvalue weighted by Crippen LogP contribution is 2.24. The summed E-state index contributed by atoms with van der Waals surface area (Å²) >= 11 is 1.34. The number of carbonyl (C=O) groups is 1. The number of thiophene rings is 1. The molecule has 0 aliphatic carbocycles. The van der Waals surface area contributed by atoms with Crippen LogP contribution in [0.1, 0.15) is 46.8 Å². The Kier molecular flexibility index (Phi) is 7.44. The van der Waals surface area contributed by atoms with Crippen molar-refractivity contribution in [3.8, 4) is 11.8 Å². The second-order valence-corrected chi connectivity index (χ2v) is 5.83. The van der Waals surface area contributed by atoms with Crippen molar-refractivity contribution in [2.24, 2.45) is 0 Å². The van der Waals surface area contributed by atoms with Crippen molar-refractivity contribution >= 4 is 17.2 Å². The molecule has 0 atom stereocenters. The summed E-state index contributed by atoms with van der Waals surface area (Å²) in [7, 11) is 0. The van der Waals surface area contributed by atoms with Crippen molar-refractivity contribution in [2.45, 2.75) is 39.7 Å². The van der Waals surface area contributed by atoms with Crippen LogP contribution in [0.15, 0.2) is 6.07 Å². The fraction of sp³-hybridized carbons (Fsp3) is 0.562. The molecule has 2 N–H and O–H groups in total. The Morgan fingerprint density at radius 3 is 2.57 bits per heavy atom. The van der Waals surface area contributed by atoms with Crippen molar-refractivity contribution in [1.29, 1.82) is 0 Å². The molecule has 4 nitrogen and oxygen atoms in total. The molecule has 116 valence electrons. The summed E-state index contributed by atoms with van der Waals surface area (Å²) in [6.07, 6.45) is 1.73. The summed E-state index contributed by atoms with van der Waals surface area (Å²) in [6.45, 7) is 6.12. The minimum Gasteiger partial charge on any atom is -0.395 e. The zero-order valence-electron chi connectivity index (χ0n) is 12.8. The van der Waals surface area contributed by atoms with Gasteiger partial charge in [-0.1, -0.05) is 25.7 Å². The van der Waals surface area contributed by atoms with Gasteiger partial charge in [0.2, 0.25) is 0 Å². The lowest BCUT2D eigenvalue weighted by Crippen LogP contribution is -2.41. The zero-order valence-corrected chi connectivity index (χ0v) is 13.7. The molecule has 0 unspecified atom stereocenters. The third-order valence-electron chi connectivity index (χ3n) is 3.39. The van der Waals surface area contributed by atoms with E-state index in [1.807, 2.05) is 26.8 Å². The molecule has 0 fully saturated rings. The fourth-order valence-electron chi connectivity index (χ4n) is 2.26. The number of carbonyl (C=O) groups excluding carboxylic acids is 1. The van der Waals surface area contributed by atoms with E-state index in [9.17, 15) is 9.90 Å². The number of rotatable bonds is 6. The van der Waals surface area contributed by atoms with E-state index in [1.165, 1.54) is 11.3 Å². The number of aryl methyl sites for hydroxylation is 1. The maximum atomic E-state index is 12.7. The highest BCUT2D eigenvalue weighted by Gasteiger charge is 2.23. The van der Waals surface area contributed by atoms with Gasteiger partial charge in [-0.25, -0.2) is 0 Å². The Labute approximate surface area is 130 Å². The van der Waals surface area contributed by atoms with E-state index in [0.717, 1.165) is 23.3 Å². The molecule has 0 aliphatic rings. The summed E-state index contributed by atoms with van der Waals surface area (Å²) in [6, 6.07) is 1.97. The Bertz CT molecular complexity index is 523. The zero-order chi connectivity index (χ0) is 15.8. The Balaban J connectivity index is 3.03. The molecular formula is C16H23NO3S. The van der Waals surface area contributed by atoms with Gasteiger partial charge in [-0.3, -0.25) is 4.79 Å². The number of aliphatic hydroxyl groups excluding tert-OH is 2. The predicted molar refractivity (Wildman–Crippen MR) is 85.5 cm³/mol. The van der Waals surface area contributed by atoms with Gasteiger partial charge in [0.15, 0.2) is 0 Å². The smallest absolute Gasteiger partial charge is 0.264 e. The van der Waals surface area contributed by atoms with Crippen molar-refractivity contribution in [3.05, 3.63) is 21.4 Å². The van der Waals surface area contributed by atoms with Gasteiger partial charge in [-0.2, -0.15) is 0 Å². The first-order chi connectivity index (χ1) is 10.1. The largest absolute Gasteiger partial charge is 0.395 e. The van der Waals surface area contributed by atoms with Crippen LogP contribution in [-0.2, 0) is 0 Å². The van der Waals surface area contributed by atoms with E-state index < -0.39 is 0 Å². The minimum absolute atomic E-state index is 0.0379.